The fourth-order valence-corrected chi connectivity index (χ4v) is 5.82. The van der Waals surface area contributed by atoms with Crippen molar-refractivity contribution in [1.29, 1.82) is 0 Å². The van der Waals surface area contributed by atoms with Gasteiger partial charge in [0.05, 0.1) is 43.6 Å². The van der Waals surface area contributed by atoms with Crippen molar-refractivity contribution in [3.8, 4) is 11.5 Å². The van der Waals surface area contributed by atoms with Crippen molar-refractivity contribution >= 4 is 15.7 Å². The third kappa shape index (κ3) is 5.55. The van der Waals surface area contributed by atoms with Gasteiger partial charge in [-0.2, -0.15) is 0 Å². The molecular formula is C24H33N3O7S. The van der Waals surface area contributed by atoms with Crippen molar-refractivity contribution in [3.05, 3.63) is 48.5 Å². The predicted molar refractivity (Wildman–Crippen MR) is 131 cm³/mol. The smallest absolute Gasteiger partial charge is 0.240 e. The first-order chi connectivity index (χ1) is 16.9. The van der Waals surface area contributed by atoms with Crippen molar-refractivity contribution in [3.63, 3.8) is 0 Å². The summed E-state index contributed by atoms with van der Waals surface area (Å²) in [6.07, 6.45) is -2.33. The van der Waals surface area contributed by atoms with E-state index in [-0.39, 0.29) is 18.0 Å². The van der Waals surface area contributed by atoms with Gasteiger partial charge in [-0.15, -0.1) is 0 Å². The van der Waals surface area contributed by atoms with E-state index < -0.39 is 34.4 Å². The highest BCUT2D eigenvalue weighted by atomic mass is 32.2. The maximum atomic E-state index is 12.8. The first kappa shape index (κ1) is 25.7. The Morgan fingerprint density at radius 3 is 2.31 bits per heavy atom. The standard InChI is InChI=1S/C24H33N3O7S/c1-32-17-7-9-18(10-8-17)35(30,31)25-15-21-23(24(29)22(16-28)34-21)27-13-11-26(12-14-27)19-5-3-4-6-20(19)33-2/h3-10,21-25,28-29H,11-16H2,1-2H3/t21-,22+,23+,24-/m1/s1. The molecule has 0 bridgehead atoms. The Bertz CT molecular complexity index is 1070. The van der Waals surface area contributed by atoms with Gasteiger partial charge in [-0.1, -0.05) is 12.1 Å². The lowest BCUT2D eigenvalue weighted by Gasteiger charge is -2.41. The number of hydrogen-bond donors (Lipinski definition) is 3. The molecule has 11 heteroatoms. The van der Waals surface area contributed by atoms with Crippen LogP contribution in [0.25, 0.3) is 0 Å². The molecule has 0 amide bonds. The summed E-state index contributed by atoms with van der Waals surface area (Å²) in [5.74, 6) is 1.36. The Labute approximate surface area is 206 Å². The molecule has 2 aliphatic heterocycles. The third-order valence-electron chi connectivity index (χ3n) is 6.65. The minimum atomic E-state index is -3.79. The van der Waals surface area contributed by atoms with Crippen LogP contribution in [-0.2, 0) is 14.8 Å². The molecule has 2 heterocycles. The Hall–Kier alpha value is -2.41. The number of nitrogens with one attached hydrogen (secondary N) is 1. The zero-order valence-electron chi connectivity index (χ0n) is 19.9. The van der Waals surface area contributed by atoms with E-state index in [0.29, 0.717) is 31.9 Å². The number of para-hydroxylation sites is 2. The molecule has 0 saturated carbocycles. The highest BCUT2D eigenvalue weighted by Gasteiger charge is 2.47. The molecule has 0 aromatic heterocycles. The first-order valence-electron chi connectivity index (χ1n) is 11.6. The summed E-state index contributed by atoms with van der Waals surface area (Å²) in [5, 5.41) is 20.6. The van der Waals surface area contributed by atoms with Crippen LogP contribution in [0.4, 0.5) is 5.69 Å². The largest absolute Gasteiger partial charge is 0.497 e. The summed E-state index contributed by atoms with van der Waals surface area (Å²) < 4.78 is 44.7. The molecule has 0 spiro atoms. The van der Waals surface area contributed by atoms with Gasteiger partial charge in [0, 0.05) is 32.7 Å². The van der Waals surface area contributed by atoms with Crippen LogP contribution in [0.5, 0.6) is 11.5 Å². The molecular weight excluding hydrogens is 474 g/mol. The summed E-state index contributed by atoms with van der Waals surface area (Å²) in [7, 11) is -0.632. The lowest BCUT2D eigenvalue weighted by Crippen LogP contribution is -2.57. The van der Waals surface area contributed by atoms with Gasteiger partial charge >= 0.3 is 0 Å². The molecule has 35 heavy (non-hydrogen) atoms. The molecule has 0 radical (unpaired) electrons. The number of aliphatic hydroxyl groups is 2. The molecule has 4 atom stereocenters. The van der Waals surface area contributed by atoms with Crippen molar-refractivity contribution in [2.45, 2.75) is 29.2 Å². The summed E-state index contributed by atoms with van der Waals surface area (Å²) in [6.45, 7) is 2.32. The maximum absolute atomic E-state index is 12.8. The lowest BCUT2D eigenvalue weighted by atomic mass is 10.0. The number of rotatable bonds is 9. The summed E-state index contributed by atoms with van der Waals surface area (Å²) >= 11 is 0. The van der Waals surface area contributed by atoms with Crippen molar-refractivity contribution in [1.82, 2.24) is 9.62 Å². The van der Waals surface area contributed by atoms with Crippen molar-refractivity contribution in [2.75, 3.05) is 58.5 Å². The molecule has 3 N–H and O–H groups in total. The molecule has 10 nitrogen and oxygen atoms in total. The van der Waals surface area contributed by atoms with Crippen LogP contribution in [0.3, 0.4) is 0 Å². The topological polar surface area (TPSA) is 121 Å². The minimum absolute atomic E-state index is 0.0285. The summed E-state index contributed by atoms with van der Waals surface area (Å²) in [5.41, 5.74) is 1.01. The third-order valence-corrected chi connectivity index (χ3v) is 8.09. The van der Waals surface area contributed by atoms with E-state index in [4.69, 9.17) is 14.2 Å². The molecule has 2 aromatic rings. The monoisotopic (exact) mass is 507 g/mol. The fourth-order valence-electron chi connectivity index (χ4n) is 4.78. The minimum Gasteiger partial charge on any atom is -0.497 e. The second-order valence-electron chi connectivity index (χ2n) is 8.60. The number of hydrogen-bond acceptors (Lipinski definition) is 9. The Balaban J connectivity index is 1.43. The van der Waals surface area contributed by atoms with Gasteiger partial charge < -0.3 is 29.3 Å². The average Bonchev–Trinajstić information content (AvgIpc) is 3.22. The molecule has 2 fully saturated rings. The molecule has 4 rings (SSSR count). The number of anilines is 1. The van der Waals surface area contributed by atoms with E-state index in [2.05, 4.69) is 14.5 Å². The number of methoxy groups -OCH3 is 2. The van der Waals surface area contributed by atoms with Gasteiger partial charge in [0.2, 0.25) is 10.0 Å². The lowest BCUT2D eigenvalue weighted by molar-refractivity contribution is -0.0201. The van der Waals surface area contributed by atoms with Gasteiger partial charge in [-0.05, 0) is 36.4 Å². The van der Waals surface area contributed by atoms with Crippen LogP contribution < -0.4 is 19.1 Å². The number of sulfonamides is 1. The predicted octanol–water partition coefficient (Wildman–Crippen LogP) is 0.294. The molecule has 0 aliphatic carbocycles. The van der Waals surface area contributed by atoms with E-state index in [0.717, 1.165) is 11.4 Å². The molecule has 2 aromatic carbocycles. The van der Waals surface area contributed by atoms with E-state index in [9.17, 15) is 18.6 Å². The van der Waals surface area contributed by atoms with Gasteiger partial charge in [0.15, 0.2) is 0 Å². The second kappa shape index (κ2) is 11.1. The second-order valence-corrected chi connectivity index (χ2v) is 10.4. The Morgan fingerprint density at radius 2 is 1.69 bits per heavy atom. The van der Waals surface area contributed by atoms with Crippen LogP contribution in [-0.4, -0.2) is 101 Å². The summed E-state index contributed by atoms with van der Waals surface area (Å²) in [4.78, 5) is 4.44. The molecule has 2 saturated heterocycles. The number of piperazine rings is 1. The SMILES string of the molecule is COc1ccc(S(=O)(=O)NC[C@H]2O[C@@H](CO)[C@@H](O)[C@H]2N2CCN(c3ccccc3OC)CC2)cc1. The van der Waals surface area contributed by atoms with Crippen LogP contribution in [0.15, 0.2) is 53.4 Å². The molecule has 2 aliphatic rings. The number of benzene rings is 2. The van der Waals surface area contributed by atoms with Gasteiger partial charge in [-0.25, -0.2) is 13.1 Å². The fraction of sp³-hybridized carbons (Fsp3) is 0.500. The van der Waals surface area contributed by atoms with Crippen molar-refractivity contribution in [2.24, 2.45) is 0 Å². The average molecular weight is 508 g/mol. The normalized spacial score (nSPS) is 25.5. The Morgan fingerprint density at radius 1 is 1.00 bits per heavy atom. The number of aliphatic hydroxyl groups excluding tert-OH is 2. The van der Waals surface area contributed by atoms with Gasteiger partial charge in [0.1, 0.15) is 23.7 Å². The first-order valence-corrected chi connectivity index (χ1v) is 13.1. The van der Waals surface area contributed by atoms with Crippen molar-refractivity contribution < 1.29 is 32.8 Å². The van der Waals surface area contributed by atoms with Crippen LogP contribution in [0.1, 0.15) is 0 Å². The quantitative estimate of drug-likeness (QED) is 0.440. The number of nitrogens with zero attached hydrogens (tertiary/aromatic N) is 2. The van der Waals surface area contributed by atoms with Crippen LogP contribution in [0.2, 0.25) is 0 Å². The van der Waals surface area contributed by atoms with Gasteiger partial charge in [-0.3, -0.25) is 4.90 Å². The number of ether oxygens (including phenoxy) is 3. The van der Waals surface area contributed by atoms with E-state index in [1.807, 2.05) is 24.3 Å². The van der Waals surface area contributed by atoms with Gasteiger partial charge in [0.25, 0.3) is 0 Å². The molecule has 0 unspecified atom stereocenters. The maximum Gasteiger partial charge on any atom is 0.240 e. The highest BCUT2D eigenvalue weighted by Crippen LogP contribution is 2.31. The van der Waals surface area contributed by atoms with Crippen LogP contribution in [0, 0.1) is 0 Å². The Kier molecular flexibility index (Phi) is 8.15. The van der Waals surface area contributed by atoms with E-state index >= 15 is 0 Å². The van der Waals surface area contributed by atoms with E-state index in [1.165, 1.54) is 19.2 Å². The molecule has 192 valence electrons. The highest BCUT2D eigenvalue weighted by molar-refractivity contribution is 7.89. The van der Waals surface area contributed by atoms with E-state index in [1.54, 1.807) is 19.2 Å². The zero-order valence-corrected chi connectivity index (χ0v) is 20.7. The summed E-state index contributed by atoms with van der Waals surface area (Å²) in [6, 6.07) is 13.5. The van der Waals surface area contributed by atoms with Crippen LogP contribution >= 0.6 is 0 Å². The zero-order chi connectivity index (χ0) is 25.0.